The summed E-state index contributed by atoms with van der Waals surface area (Å²) < 4.78 is 43.3. The van der Waals surface area contributed by atoms with Crippen LogP contribution in [0.25, 0.3) is 0 Å². The minimum Gasteiger partial charge on any atom is -0.495 e. The van der Waals surface area contributed by atoms with Gasteiger partial charge in [0.25, 0.3) is 0 Å². The molecule has 0 amide bonds. The number of alkyl halides is 3. The van der Waals surface area contributed by atoms with Crippen LogP contribution < -0.4 is 9.64 Å². The van der Waals surface area contributed by atoms with Gasteiger partial charge in [0.05, 0.1) is 18.4 Å². The number of hydrogen-bond acceptors (Lipinski definition) is 3. The zero-order valence-corrected chi connectivity index (χ0v) is 10.8. The van der Waals surface area contributed by atoms with Gasteiger partial charge in [-0.1, -0.05) is 0 Å². The number of halogens is 3. The van der Waals surface area contributed by atoms with E-state index in [0.717, 1.165) is 30.7 Å². The molecule has 2 nitrogen and oxygen atoms in total. The highest BCUT2D eigenvalue weighted by molar-refractivity contribution is 7.99. The van der Waals surface area contributed by atoms with Crippen LogP contribution in [0.4, 0.5) is 18.9 Å². The van der Waals surface area contributed by atoms with Crippen molar-refractivity contribution in [3.63, 3.8) is 0 Å². The van der Waals surface area contributed by atoms with Crippen LogP contribution in [0.15, 0.2) is 18.2 Å². The summed E-state index contributed by atoms with van der Waals surface area (Å²) in [5.74, 6) is 2.36. The highest BCUT2D eigenvalue weighted by atomic mass is 32.2. The maximum Gasteiger partial charge on any atom is 0.416 e. The summed E-state index contributed by atoms with van der Waals surface area (Å²) in [6.07, 6.45) is -4.31. The maximum absolute atomic E-state index is 12.7. The lowest BCUT2D eigenvalue weighted by Crippen LogP contribution is -2.32. The fourth-order valence-corrected chi connectivity index (χ4v) is 2.82. The average molecular weight is 277 g/mol. The van der Waals surface area contributed by atoms with Crippen molar-refractivity contribution in [3.8, 4) is 5.75 Å². The third kappa shape index (κ3) is 2.85. The summed E-state index contributed by atoms with van der Waals surface area (Å²) in [6.45, 7) is 1.50. The number of rotatable bonds is 2. The SMILES string of the molecule is COc1ccc(C(F)(F)F)cc1N1CCSCC1. The number of anilines is 1. The molecule has 1 saturated heterocycles. The van der Waals surface area contributed by atoms with Gasteiger partial charge in [0.2, 0.25) is 0 Å². The molecule has 1 aliphatic rings. The van der Waals surface area contributed by atoms with Gasteiger partial charge in [0, 0.05) is 24.6 Å². The Bertz CT molecular complexity index is 416. The normalized spacial score (nSPS) is 16.8. The summed E-state index contributed by atoms with van der Waals surface area (Å²) >= 11 is 1.81. The van der Waals surface area contributed by atoms with Crippen molar-refractivity contribution in [2.45, 2.75) is 6.18 Å². The van der Waals surface area contributed by atoms with E-state index in [9.17, 15) is 13.2 Å². The smallest absolute Gasteiger partial charge is 0.416 e. The molecule has 0 N–H and O–H groups in total. The topological polar surface area (TPSA) is 12.5 Å². The number of methoxy groups -OCH3 is 1. The molecule has 18 heavy (non-hydrogen) atoms. The zero-order valence-electron chi connectivity index (χ0n) is 9.96. The summed E-state index contributed by atoms with van der Waals surface area (Å²) in [4.78, 5) is 1.95. The lowest BCUT2D eigenvalue weighted by Gasteiger charge is -2.30. The molecule has 1 fully saturated rings. The van der Waals surface area contributed by atoms with E-state index in [1.807, 2.05) is 16.7 Å². The van der Waals surface area contributed by atoms with Gasteiger partial charge < -0.3 is 9.64 Å². The van der Waals surface area contributed by atoms with Gasteiger partial charge in [-0.05, 0) is 18.2 Å². The molecule has 100 valence electrons. The van der Waals surface area contributed by atoms with Crippen LogP contribution in [0.3, 0.4) is 0 Å². The standard InChI is InChI=1S/C12H14F3NOS/c1-17-11-3-2-9(12(13,14)15)8-10(11)16-4-6-18-7-5-16/h2-3,8H,4-7H2,1H3. The number of nitrogens with zero attached hydrogens (tertiary/aromatic N) is 1. The lowest BCUT2D eigenvalue weighted by molar-refractivity contribution is -0.137. The van der Waals surface area contributed by atoms with E-state index < -0.39 is 11.7 Å². The number of benzene rings is 1. The van der Waals surface area contributed by atoms with Gasteiger partial charge in [-0.15, -0.1) is 0 Å². The van der Waals surface area contributed by atoms with Gasteiger partial charge in [-0.25, -0.2) is 0 Å². The molecule has 0 atom stereocenters. The van der Waals surface area contributed by atoms with E-state index in [1.165, 1.54) is 19.2 Å². The van der Waals surface area contributed by atoms with Crippen molar-refractivity contribution in [1.29, 1.82) is 0 Å². The van der Waals surface area contributed by atoms with Crippen LogP contribution in [-0.4, -0.2) is 31.7 Å². The van der Waals surface area contributed by atoms with Crippen molar-refractivity contribution in [1.82, 2.24) is 0 Å². The highest BCUT2D eigenvalue weighted by Gasteiger charge is 2.32. The molecule has 0 unspecified atom stereocenters. The second-order valence-electron chi connectivity index (χ2n) is 3.98. The Balaban J connectivity index is 2.35. The summed E-state index contributed by atoms with van der Waals surface area (Å²) in [5, 5.41) is 0. The van der Waals surface area contributed by atoms with E-state index in [-0.39, 0.29) is 0 Å². The first kappa shape index (κ1) is 13.4. The Morgan fingerprint density at radius 3 is 2.44 bits per heavy atom. The van der Waals surface area contributed by atoms with Crippen molar-refractivity contribution in [2.75, 3.05) is 36.6 Å². The van der Waals surface area contributed by atoms with Crippen LogP contribution in [-0.2, 0) is 6.18 Å². The first-order chi connectivity index (χ1) is 8.52. The van der Waals surface area contributed by atoms with Gasteiger partial charge in [0.1, 0.15) is 5.75 Å². The Kier molecular flexibility index (Phi) is 3.94. The Morgan fingerprint density at radius 2 is 1.89 bits per heavy atom. The molecular formula is C12H14F3NOS. The molecular weight excluding hydrogens is 263 g/mol. The second kappa shape index (κ2) is 5.30. The van der Waals surface area contributed by atoms with Crippen LogP contribution in [0.5, 0.6) is 5.75 Å². The van der Waals surface area contributed by atoms with Gasteiger partial charge in [-0.3, -0.25) is 0 Å². The molecule has 2 rings (SSSR count). The van der Waals surface area contributed by atoms with Crippen LogP contribution in [0.2, 0.25) is 0 Å². The van der Waals surface area contributed by atoms with Crippen LogP contribution >= 0.6 is 11.8 Å². The van der Waals surface area contributed by atoms with Gasteiger partial charge >= 0.3 is 6.18 Å². The van der Waals surface area contributed by atoms with Gasteiger partial charge in [-0.2, -0.15) is 24.9 Å². The highest BCUT2D eigenvalue weighted by Crippen LogP contribution is 2.37. The second-order valence-corrected chi connectivity index (χ2v) is 5.21. The molecule has 0 bridgehead atoms. The minimum absolute atomic E-state index is 0.495. The third-order valence-electron chi connectivity index (χ3n) is 2.86. The molecule has 1 aliphatic heterocycles. The molecule has 1 aromatic rings. The van der Waals surface area contributed by atoms with Crippen LogP contribution in [0.1, 0.15) is 5.56 Å². The summed E-state index contributed by atoms with van der Waals surface area (Å²) in [7, 11) is 1.48. The first-order valence-electron chi connectivity index (χ1n) is 5.60. The molecule has 0 aliphatic carbocycles. The number of hydrogen-bond donors (Lipinski definition) is 0. The molecule has 0 aromatic heterocycles. The average Bonchev–Trinajstić information content (AvgIpc) is 2.38. The van der Waals surface area contributed by atoms with E-state index in [1.54, 1.807) is 0 Å². The van der Waals surface area contributed by atoms with E-state index >= 15 is 0 Å². The Hall–Kier alpha value is -1.04. The third-order valence-corrected chi connectivity index (χ3v) is 3.80. The van der Waals surface area contributed by atoms with E-state index in [4.69, 9.17) is 4.74 Å². The van der Waals surface area contributed by atoms with Crippen molar-refractivity contribution < 1.29 is 17.9 Å². The fraction of sp³-hybridized carbons (Fsp3) is 0.500. The van der Waals surface area contributed by atoms with E-state index in [0.29, 0.717) is 11.4 Å². The quantitative estimate of drug-likeness (QED) is 0.823. The Labute approximate surface area is 108 Å². The summed E-state index contributed by atoms with van der Waals surface area (Å²) in [6, 6.07) is 3.62. The minimum atomic E-state index is -4.31. The van der Waals surface area contributed by atoms with Crippen molar-refractivity contribution in [2.24, 2.45) is 0 Å². The number of thioether (sulfide) groups is 1. The molecule has 0 radical (unpaired) electrons. The first-order valence-corrected chi connectivity index (χ1v) is 6.76. The van der Waals surface area contributed by atoms with Gasteiger partial charge in [0.15, 0.2) is 0 Å². The molecule has 1 heterocycles. The van der Waals surface area contributed by atoms with Crippen LogP contribution in [0, 0.1) is 0 Å². The Morgan fingerprint density at radius 1 is 1.22 bits per heavy atom. The molecule has 1 aromatic carbocycles. The number of ether oxygens (including phenoxy) is 1. The molecule has 0 spiro atoms. The monoisotopic (exact) mass is 277 g/mol. The van der Waals surface area contributed by atoms with E-state index in [2.05, 4.69) is 0 Å². The lowest BCUT2D eigenvalue weighted by atomic mass is 10.1. The predicted molar refractivity (Wildman–Crippen MR) is 67.5 cm³/mol. The fourth-order valence-electron chi connectivity index (χ4n) is 1.92. The molecule has 0 saturated carbocycles. The summed E-state index contributed by atoms with van der Waals surface area (Å²) in [5.41, 5.74) is -0.0934. The zero-order chi connectivity index (χ0) is 13.2. The maximum atomic E-state index is 12.7. The largest absolute Gasteiger partial charge is 0.495 e. The van der Waals surface area contributed by atoms with Crippen molar-refractivity contribution >= 4 is 17.4 Å². The predicted octanol–water partition coefficient (Wildman–Crippen LogP) is 3.27. The molecule has 6 heteroatoms. The van der Waals surface area contributed by atoms with Crippen molar-refractivity contribution in [3.05, 3.63) is 23.8 Å².